The molecule has 1 amide bonds. The quantitative estimate of drug-likeness (QED) is 0.352. The molecule has 2 saturated carbocycles. The van der Waals surface area contributed by atoms with E-state index >= 15 is 0 Å². The summed E-state index contributed by atoms with van der Waals surface area (Å²) in [6.07, 6.45) is 4.92. The summed E-state index contributed by atoms with van der Waals surface area (Å²) in [5.74, 6) is 1.61. The summed E-state index contributed by atoms with van der Waals surface area (Å²) in [5.41, 5.74) is 11.5. The number of aromatic nitrogens is 2. The molecule has 180 valence electrons. The third-order valence-corrected chi connectivity index (χ3v) is 8.79. The van der Waals surface area contributed by atoms with Gasteiger partial charge in [0.05, 0.1) is 11.7 Å². The zero-order chi connectivity index (χ0) is 23.8. The highest BCUT2D eigenvalue weighted by atomic mass is 28.3. The van der Waals surface area contributed by atoms with Crippen LogP contribution in [-0.4, -0.2) is 36.4 Å². The zero-order valence-electron chi connectivity index (χ0n) is 20.9. The van der Waals surface area contributed by atoms with Crippen molar-refractivity contribution in [3.8, 4) is 11.1 Å². The summed E-state index contributed by atoms with van der Waals surface area (Å²) in [6.45, 7) is 12.4. The van der Waals surface area contributed by atoms with E-state index in [4.69, 9.17) is 15.6 Å². The van der Waals surface area contributed by atoms with E-state index in [1.54, 1.807) is 0 Å². The number of carbonyl (C=O) groups excluding carboxylic acids is 1. The van der Waals surface area contributed by atoms with Crippen LogP contribution in [0, 0.1) is 31.6 Å². The molecule has 0 aliphatic heterocycles. The molecule has 1 heterocycles. The molecule has 0 spiro atoms. The number of ether oxygens (including phenoxy) is 1. The van der Waals surface area contributed by atoms with Gasteiger partial charge in [0.1, 0.15) is 6.73 Å². The molecule has 1 aromatic carbocycles. The van der Waals surface area contributed by atoms with Crippen molar-refractivity contribution in [2.24, 2.45) is 23.5 Å². The Balaban J connectivity index is 1.37. The lowest BCUT2D eigenvalue weighted by Crippen LogP contribution is -2.43. The Morgan fingerprint density at radius 2 is 1.76 bits per heavy atom. The fourth-order valence-corrected chi connectivity index (χ4v) is 5.58. The van der Waals surface area contributed by atoms with Crippen LogP contribution in [0.1, 0.15) is 37.1 Å². The fraction of sp³-hybridized carbons (Fsp3) is 0.615. The number of amides is 1. The third-order valence-electron chi connectivity index (χ3n) is 7.08. The summed E-state index contributed by atoms with van der Waals surface area (Å²) in [6, 6.07) is 8.77. The van der Waals surface area contributed by atoms with Gasteiger partial charge in [0.15, 0.2) is 0 Å². The minimum atomic E-state index is -1.10. The molecule has 1 aromatic heterocycles. The van der Waals surface area contributed by atoms with Crippen molar-refractivity contribution in [1.29, 1.82) is 0 Å². The fourth-order valence-electron chi connectivity index (χ4n) is 4.82. The van der Waals surface area contributed by atoms with Gasteiger partial charge in [0.2, 0.25) is 5.91 Å². The highest BCUT2D eigenvalue weighted by Crippen LogP contribution is 2.50. The minimum Gasteiger partial charge on any atom is -0.360 e. The van der Waals surface area contributed by atoms with Crippen LogP contribution in [0.5, 0.6) is 0 Å². The average molecular weight is 469 g/mol. The lowest BCUT2D eigenvalue weighted by Gasteiger charge is -2.23. The zero-order valence-corrected chi connectivity index (χ0v) is 21.9. The molecule has 2 aromatic rings. The number of hydrogen-bond donors (Lipinski definition) is 2. The van der Waals surface area contributed by atoms with Gasteiger partial charge in [-0.15, -0.1) is 0 Å². The van der Waals surface area contributed by atoms with Crippen LogP contribution < -0.4 is 11.1 Å². The number of nitrogens with one attached hydrogen (secondary N) is 1. The van der Waals surface area contributed by atoms with Crippen molar-refractivity contribution in [3.63, 3.8) is 0 Å². The second-order valence-electron chi connectivity index (χ2n) is 11.2. The van der Waals surface area contributed by atoms with E-state index in [0.717, 1.165) is 40.9 Å². The van der Waals surface area contributed by atoms with Crippen molar-refractivity contribution in [2.75, 3.05) is 11.9 Å². The smallest absolute Gasteiger partial charge is 0.241 e. The number of rotatable bonds is 11. The van der Waals surface area contributed by atoms with Gasteiger partial charge >= 0.3 is 0 Å². The second kappa shape index (κ2) is 9.72. The van der Waals surface area contributed by atoms with Crippen LogP contribution in [0.2, 0.25) is 25.7 Å². The maximum atomic E-state index is 12.8. The topological polar surface area (TPSA) is 82.2 Å². The monoisotopic (exact) mass is 468 g/mol. The summed E-state index contributed by atoms with van der Waals surface area (Å²) in [4.78, 5) is 12.8. The molecule has 2 aliphatic carbocycles. The van der Waals surface area contributed by atoms with E-state index < -0.39 is 14.1 Å². The van der Waals surface area contributed by atoms with Crippen molar-refractivity contribution in [3.05, 3.63) is 35.7 Å². The van der Waals surface area contributed by atoms with Gasteiger partial charge in [-0.2, -0.15) is 5.10 Å². The molecule has 0 saturated heterocycles. The van der Waals surface area contributed by atoms with Crippen molar-refractivity contribution < 1.29 is 9.53 Å². The lowest BCUT2D eigenvalue weighted by molar-refractivity contribution is -0.118. The van der Waals surface area contributed by atoms with Crippen LogP contribution in [-0.2, 0) is 16.3 Å². The summed E-state index contributed by atoms with van der Waals surface area (Å²) < 4.78 is 7.85. The number of hydrogen-bond acceptors (Lipinski definition) is 4. The first kappa shape index (κ1) is 24.2. The Bertz CT molecular complexity index is 959. The van der Waals surface area contributed by atoms with E-state index in [9.17, 15) is 4.79 Å². The molecule has 4 rings (SSSR count). The van der Waals surface area contributed by atoms with Gasteiger partial charge in [-0.3, -0.25) is 4.79 Å². The largest absolute Gasteiger partial charge is 0.360 e. The maximum Gasteiger partial charge on any atom is 0.241 e. The highest BCUT2D eigenvalue weighted by Gasteiger charge is 2.46. The van der Waals surface area contributed by atoms with Gasteiger partial charge in [0, 0.05) is 31.6 Å². The first-order chi connectivity index (χ1) is 15.6. The predicted octanol–water partition coefficient (Wildman–Crippen LogP) is 5.18. The average Bonchev–Trinajstić information content (AvgIpc) is 3.67. The second-order valence-corrected chi connectivity index (χ2v) is 16.9. The Morgan fingerprint density at radius 1 is 1.15 bits per heavy atom. The molecule has 2 aliphatic rings. The van der Waals surface area contributed by atoms with E-state index in [0.29, 0.717) is 24.5 Å². The highest BCUT2D eigenvalue weighted by molar-refractivity contribution is 6.76. The molecule has 2 fully saturated rings. The molecule has 3 N–H and O–H groups in total. The molecule has 7 heteroatoms. The minimum absolute atomic E-state index is 0.0535. The molecule has 6 nitrogen and oxygen atoms in total. The van der Waals surface area contributed by atoms with E-state index in [1.165, 1.54) is 25.7 Å². The standard InChI is InChI=1S/C26H40N4O2Si/c1-17-23(18(2)30(29-17)16-32-14-15-33(3,4)5)19-10-12-22(13-11-19)28-26(31)25(27)24(20-6-7-20)21-8-9-21/h10-13,20-21,24-25H,6-9,14-16,27H2,1-5H3,(H,28,31). The van der Waals surface area contributed by atoms with Crippen LogP contribution in [0.15, 0.2) is 24.3 Å². The maximum absolute atomic E-state index is 12.8. The number of anilines is 1. The third kappa shape index (κ3) is 6.13. The first-order valence-electron chi connectivity index (χ1n) is 12.4. The predicted molar refractivity (Wildman–Crippen MR) is 137 cm³/mol. The molecule has 1 atom stereocenters. The number of carbonyl (C=O) groups is 1. The molecule has 33 heavy (non-hydrogen) atoms. The molecular formula is C26H40N4O2Si. The van der Waals surface area contributed by atoms with E-state index in [2.05, 4.69) is 31.9 Å². The van der Waals surface area contributed by atoms with Crippen LogP contribution in [0.4, 0.5) is 5.69 Å². The number of nitrogens with two attached hydrogens (primary N) is 1. The number of nitrogens with zero attached hydrogens (tertiary/aromatic N) is 2. The van der Waals surface area contributed by atoms with Crippen LogP contribution in [0.3, 0.4) is 0 Å². The Hall–Kier alpha value is -1.96. The first-order valence-corrected chi connectivity index (χ1v) is 16.1. The lowest BCUT2D eigenvalue weighted by atomic mass is 9.89. The summed E-state index contributed by atoms with van der Waals surface area (Å²) in [7, 11) is -1.10. The van der Waals surface area contributed by atoms with Crippen LogP contribution >= 0.6 is 0 Å². The van der Waals surface area contributed by atoms with Gasteiger partial charge in [-0.25, -0.2) is 4.68 Å². The Morgan fingerprint density at radius 3 is 2.30 bits per heavy atom. The molecule has 0 bridgehead atoms. The normalized spacial score (nSPS) is 17.4. The Kier molecular flexibility index (Phi) is 7.12. The van der Waals surface area contributed by atoms with Gasteiger partial charge in [0.25, 0.3) is 0 Å². The molecule has 1 unspecified atom stereocenters. The van der Waals surface area contributed by atoms with Gasteiger partial charge in [-0.1, -0.05) is 31.8 Å². The molecular weight excluding hydrogens is 428 g/mol. The van der Waals surface area contributed by atoms with Crippen molar-refractivity contribution in [2.45, 2.75) is 78.0 Å². The Labute approximate surface area is 199 Å². The van der Waals surface area contributed by atoms with Gasteiger partial charge < -0.3 is 15.8 Å². The van der Waals surface area contributed by atoms with Crippen molar-refractivity contribution >= 4 is 19.7 Å². The van der Waals surface area contributed by atoms with Gasteiger partial charge in [-0.05, 0) is 81.0 Å². The van der Waals surface area contributed by atoms with Crippen molar-refractivity contribution in [1.82, 2.24) is 9.78 Å². The SMILES string of the molecule is Cc1nn(COCC[Si](C)(C)C)c(C)c1-c1ccc(NC(=O)C(N)C(C2CC2)C2CC2)cc1. The number of aryl methyl sites for hydroxylation is 1. The molecule has 0 radical (unpaired) electrons. The van der Waals surface area contributed by atoms with E-state index in [1.807, 2.05) is 35.9 Å². The van der Waals surface area contributed by atoms with E-state index in [-0.39, 0.29) is 5.91 Å². The number of benzene rings is 1. The summed E-state index contributed by atoms with van der Waals surface area (Å²) in [5, 5.41) is 7.74. The van der Waals surface area contributed by atoms with Crippen LogP contribution in [0.25, 0.3) is 11.1 Å². The summed E-state index contributed by atoms with van der Waals surface area (Å²) >= 11 is 0.